The standard InChI is InChI=1S/C27H30N2O5S/c1-2-3-18-34-27(31)22-8-11-24(12-9-22)28-26(30)21-14-16-29(17-15-21)35(32,33)25-13-10-20-6-4-5-7-23(20)19-25/h4-13,19,21H,2-3,14-18H2,1H3,(H,28,30). The van der Waals surface area contributed by atoms with Gasteiger partial charge in [0.1, 0.15) is 0 Å². The number of nitrogens with one attached hydrogen (secondary N) is 1. The molecule has 1 fully saturated rings. The van der Waals surface area contributed by atoms with Crippen molar-refractivity contribution in [3.8, 4) is 0 Å². The minimum atomic E-state index is -3.63. The average molecular weight is 495 g/mol. The molecule has 0 aromatic heterocycles. The summed E-state index contributed by atoms with van der Waals surface area (Å²) in [6, 6.07) is 19.4. The number of anilines is 1. The zero-order valence-electron chi connectivity index (χ0n) is 19.8. The van der Waals surface area contributed by atoms with E-state index in [1.807, 2.05) is 37.3 Å². The number of sulfonamides is 1. The van der Waals surface area contributed by atoms with Crippen LogP contribution >= 0.6 is 0 Å². The van der Waals surface area contributed by atoms with E-state index in [-0.39, 0.29) is 35.8 Å². The van der Waals surface area contributed by atoms with Gasteiger partial charge in [-0.2, -0.15) is 4.31 Å². The van der Waals surface area contributed by atoms with Gasteiger partial charge in [0.15, 0.2) is 0 Å². The Bertz CT molecular complexity index is 1300. The fourth-order valence-corrected chi connectivity index (χ4v) is 5.67. The molecule has 184 valence electrons. The number of unbranched alkanes of at least 4 members (excludes halogenated alkanes) is 1. The van der Waals surface area contributed by atoms with Crippen molar-refractivity contribution in [2.45, 2.75) is 37.5 Å². The molecule has 1 saturated heterocycles. The first kappa shape index (κ1) is 24.9. The molecule has 0 atom stereocenters. The fraction of sp³-hybridized carbons (Fsp3) is 0.333. The molecule has 1 amide bonds. The molecule has 1 N–H and O–H groups in total. The maximum Gasteiger partial charge on any atom is 0.338 e. The van der Waals surface area contributed by atoms with Gasteiger partial charge in [-0.25, -0.2) is 13.2 Å². The highest BCUT2D eigenvalue weighted by Gasteiger charge is 2.32. The lowest BCUT2D eigenvalue weighted by Crippen LogP contribution is -2.41. The molecular weight excluding hydrogens is 464 g/mol. The molecule has 0 aliphatic carbocycles. The minimum absolute atomic E-state index is 0.147. The summed E-state index contributed by atoms with van der Waals surface area (Å²) in [5, 5.41) is 4.74. The topological polar surface area (TPSA) is 92.8 Å². The fourth-order valence-electron chi connectivity index (χ4n) is 4.16. The number of piperidine rings is 1. The zero-order valence-corrected chi connectivity index (χ0v) is 20.6. The Labute approximate surface area is 206 Å². The molecule has 35 heavy (non-hydrogen) atoms. The molecule has 7 nitrogen and oxygen atoms in total. The third-order valence-corrected chi connectivity index (χ3v) is 8.20. The lowest BCUT2D eigenvalue weighted by molar-refractivity contribution is -0.120. The molecule has 1 aliphatic rings. The number of carbonyl (C=O) groups is 2. The Balaban J connectivity index is 1.32. The second kappa shape index (κ2) is 11.0. The van der Waals surface area contributed by atoms with E-state index in [0.717, 1.165) is 23.6 Å². The highest BCUT2D eigenvalue weighted by atomic mass is 32.2. The van der Waals surface area contributed by atoms with Crippen LogP contribution in [0.15, 0.2) is 71.6 Å². The summed E-state index contributed by atoms with van der Waals surface area (Å²) < 4.78 is 33.0. The van der Waals surface area contributed by atoms with Gasteiger partial charge in [0, 0.05) is 24.7 Å². The van der Waals surface area contributed by atoms with Gasteiger partial charge in [-0.1, -0.05) is 43.7 Å². The van der Waals surface area contributed by atoms with E-state index in [9.17, 15) is 18.0 Å². The van der Waals surface area contributed by atoms with Crippen molar-refractivity contribution in [3.63, 3.8) is 0 Å². The Kier molecular flexibility index (Phi) is 7.83. The van der Waals surface area contributed by atoms with Gasteiger partial charge < -0.3 is 10.1 Å². The molecule has 8 heteroatoms. The van der Waals surface area contributed by atoms with E-state index in [1.54, 1.807) is 36.4 Å². The number of ether oxygens (including phenoxy) is 1. The van der Waals surface area contributed by atoms with Crippen LogP contribution in [0.2, 0.25) is 0 Å². The van der Waals surface area contributed by atoms with Crippen molar-refractivity contribution in [3.05, 3.63) is 72.3 Å². The lowest BCUT2D eigenvalue weighted by atomic mass is 9.97. The van der Waals surface area contributed by atoms with Crippen molar-refractivity contribution in [1.29, 1.82) is 0 Å². The molecule has 0 unspecified atom stereocenters. The Morgan fingerprint density at radius 2 is 1.66 bits per heavy atom. The van der Waals surface area contributed by atoms with Crippen LogP contribution in [0.4, 0.5) is 5.69 Å². The van der Waals surface area contributed by atoms with Crippen molar-refractivity contribution < 1.29 is 22.7 Å². The van der Waals surface area contributed by atoms with Gasteiger partial charge in [0.2, 0.25) is 15.9 Å². The molecule has 0 saturated carbocycles. The van der Waals surface area contributed by atoms with Crippen LogP contribution in [-0.4, -0.2) is 44.3 Å². The lowest BCUT2D eigenvalue weighted by Gasteiger charge is -2.30. The maximum absolute atomic E-state index is 13.2. The van der Waals surface area contributed by atoms with Gasteiger partial charge in [0.25, 0.3) is 0 Å². The molecule has 3 aromatic carbocycles. The van der Waals surface area contributed by atoms with Crippen molar-refractivity contribution in [1.82, 2.24) is 4.31 Å². The van der Waals surface area contributed by atoms with E-state index in [4.69, 9.17) is 4.74 Å². The third-order valence-electron chi connectivity index (χ3n) is 6.30. The van der Waals surface area contributed by atoms with E-state index in [1.165, 1.54) is 4.31 Å². The van der Waals surface area contributed by atoms with Crippen LogP contribution in [0.3, 0.4) is 0 Å². The number of esters is 1. The number of carbonyl (C=O) groups excluding carboxylic acids is 2. The van der Waals surface area contributed by atoms with Gasteiger partial charge in [-0.05, 0) is 66.4 Å². The van der Waals surface area contributed by atoms with Crippen molar-refractivity contribution in [2.24, 2.45) is 5.92 Å². The average Bonchev–Trinajstić information content (AvgIpc) is 2.89. The largest absolute Gasteiger partial charge is 0.462 e. The van der Waals surface area contributed by atoms with Crippen LogP contribution in [-0.2, 0) is 19.6 Å². The summed E-state index contributed by atoms with van der Waals surface area (Å²) in [4.78, 5) is 25.0. The first-order chi connectivity index (χ1) is 16.9. The second-order valence-corrected chi connectivity index (χ2v) is 10.7. The number of rotatable bonds is 8. The van der Waals surface area contributed by atoms with Gasteiger partial charge >= 0.3 is 5.97 Å². The first-order valence-electron chi connectivity index (χ1n) is 12.0. The van der Waals surface area contributed by atoms with E-state index < -0.39 is 10.0 Å². The third kappa shape index (κ3) is 5.89. The summed E-state index contributed by atoms with van der Waals surface area (Å²) in [5.74, 6) is -0.806. The number of nitrogens with zero attached hydrogens (tertiary/aromatic N) is 1. The van der Waals surface area contributed by atoms with Gasteiger partial charge in [-0.3, -0.25) is 4.79 Å². The van der Waals surface area contributed by atoms with Crippen molar-refractivity contribution >= 4 is 38.4 Å². The normalized spacial score (nSPS) is 15.1. The summed E-state index contributed by atoms with van der Waals surface area (Å²) in [5.41, 5.74) is 1.03. The number of fused-ring (bicyclic) bond motifs is 1. The molecule has 4 rings (SSSR count). The molecule has 0 spiro atoms. The molecular formula is C27H30N2O5S. The van der Waals surface area contributed by atoms with Gasteiger partial charge in [0.05, 0.1) is 17.1 Å². The monoisotopic (exact) mass is 494 g/mol. The van der Waals surface area contributed by atoms with E-state index in [2.05, 4.69) is 5.32 Å². The van der Waals surface area contributed by atoms with Crippen LogP contribution in [0.5, 0.6) is 0 Å². The summed E-state index contributed by atoms with van der Waals surface area (Å²) in [7, 11) is -3.63. The summed E-state index contributed by atoms with van der Waals surface area (Å²) in [6.45, 7) is 2.99. The molecule has 1 heterocycles. The Morgan fingerprint density at radius 1 is 0.971 bits per heavy atom. The van der Waals surface area contributed by atoms with Crippen molar-refractivity contribution in [2.75, 3.05) is 25.0 Å². The molecule has 0 bridgehead atoms. The highest BCUT2D eigenvalue weighted by Crippen LogP contribution is 2.27. The van der Waals surface area contributed by atoms with E-state index >= 15 is 0 Å². The smallest absolute Gasteiger partial charge is 0.338 e. The van der Waals surface area contributed by atoms with Crippen LogP contribution < -0.4 is 5.32 Å². The number of hydrogen-bond acceptors (Lipinski definition) is 5. The molecule has 0 radical (unpaired) electrons. The predicted molar refractivity (Wildman–Crippen MR) is 136 cm³/mol. The number of benzene rings is 3. The summed E-state index contributed by atoms with van der Waals surface area (Å²) in [6.07, 6.45) is 2.66. The maximum atomic E-state index is 13.2. The minimum Gasteiger partial charge on any atom is -0.462 e. The quantitative estimate of drug-likeness (QED) is 0.357. The SMILES string of the molecule is CCCCOC(=O)c1ccc(NC(=O)C2CCN(S(=O)(=O)c3ccc4ccccc4c3)CC2)cc1. The van der Waals surface area contributed by atoms with Crippen LogP contribution in [0.1, 0.15) is 43.0 Å². The number of hydrogen-bond donors (Lipinski definition) is 1. The Morgan fingerprint density at radius 3 is 2.34 bits per heavy atom. The van der Waals surface area contributed by atoms with Gasteiger partial charge in [-0.15, -0.1) is 0 Å². The Hall–Kier alpha value is -3.23. The van der Waals surface area contributed by atoms with E-state index in [0.29, 0.717) is 30.7 Å². The van der Waals surface area contributed by atoms with Crippen LogP contribution in [0, 0.1) is 5.92 Å². The molecule has 3 aromatic rings. The first-order valence-corrected chi connectivity index (χ1v) is 13.4. The van der Waals surface area contributed by atoms with Crippen LogP contribution in [0.25, 0.3) is 10.8 Å². The number of amides is 1. The zero-order chi connectivity index (χ0) is 24.8. The second-order valence-electron chi connectivity index (χ2n) is 8.74. The summed E-state index contributed by atoms with van der Waals surface area (Å²) >= 11 is 0. The highest BCUT2D eigenvalue weighted by molar-refractivity contribution is 7.89. The predicted octanol–water partition coefficient (Wildman–Crippen LogP) is 4.84. The molecule has 1 aliphatic heterocycles.